The predicted molar refractivity (Wildman–Crippen MR) is 77.6 cm³/mol. The first-order valence-corrected chi connectivity index (χ1v) is 6.92. The molecule has 4 atom stereocenters. The van der Waals surface area contributed by atoms with Gasteiger partial charge < -0.3 is 24.7 Å². The van der Waals surface area contributed by atoms with Gasteiger partial charge in [-0.2, -0.15) is 5.10 Å². The highest BCUT2D eigenvalue weighted by molar-refractivity contribution is 5.74. The molecule has 0 aliphatic carbocycles. The van der Waals surface area contributed by atoms with Crippen LogP contribution in [0.4, 0.5) is 4.79 Å². The lowest BCUT2D eigenvalue weighted by molar-refractivity contribution is -0.215. The molecule has 11 heteroatoms. The second-order valence-electron chi connectivity index (χ2n) is 4.85. The Bertz CT molecular complexity index is 535. The number of urea groups is 1. The van der Waals surface area contributed by atoms with E-state index in [0.29, 0.717) is 0 Å². The highest BCUT2D eigenvalue weighted by atomic mass is 16.6. The topological polar surface area (TPSA) is 156 Å². The Kier molecular flexibility index (Phi) is 7.11. The number of hydrogen-bond acceptors (Lipinski definition) is 9. The van der Waals surface area contributed by atoms with E-state index < -0.39 is 48.4 Å². The molecule has 2 amide bonds. The SMILES string of the molecule is CC(=O)O[C@@H]1[C@@H](OC(C)=O)[C@H](OC(C)=O)CO[C@H]1/C=N\NC(N)=O. The molecule has 3 N–H and O–H groups in total. The molecule has 0 spiro atoms. The Hall–Kier alpha value is -2.69. The summed E-state index contributed by atoms with van der Waals surface area (Å²) in [5.74, 6) is -1.96. The third-order valence-electron chi connectivity index (χ3n) is 2.78. The third-order valence-corrected chi connectivity index (χ3v) is 2.78. The lowest BCUT2D eigenvalue weighted by atomic mass is 9.99. The number of hydrogen-bond donors (Lipinski definition) is 2. The van der Waals surface area contributed by atoms with Gasteiger partial charge in [0.05, 0.1) is 12.8 Å². The lowest BCUT2D eigenvalue weighted by Gasteiger charge is -2.39. The molecule has 1 rings (SSSR count). The minimum Gasteiger partial charge on any atom is -0.456 e. The van der Waals surface area contributed by atoms with Crippen LogP contribution in [-0.4, -0.2) is 61.2 Å². The van der Waals surface area contributed by atoms with E-state index in [9.17, 15) is 19.2 Å². The van der Waals surface area contributed by atoms with Crippen molar-refractivity contribution in [2.75, 3.05) is 6.61 Å². The van der Waals surface area contributed by atoms with Crippen molar-refractivity contribution in [3.63, 3.8) is 0 Å². The molecular formula is C13H19N3O8. The lowest BCUT2D eigenvalue weighted by Crippen LogP contribution is -2.58. The van der Waals surface area contributed by atoms with Crippen molar-refractivity contribution in [3.05, 3.63) is 0 Å². The number of rotatable bonds is 5. The normalized spacial score (nSPS) is 26.5. The smallest absolute Gasteiger partial charge is 0.332 e. The molecule has 0 unspecified atom stereocenters. The van der Waals surface area contributed by atoms with Gasteiger partial charge in [-0.15, -0.1) is 0 Å². The quantitative estimate of drug-likeness (QED) is 0.273. The summed E-state index contributed by atoms with van der Waals surface area (Å²) in [6.45, 7) is 3.34. The Morgan fingerprint density at radius 3 is 2.08 bits per heavy atom. The summed E-state index contributed by atoms with van der Waals surface area (Å²) in [5.41, 5.74) is 6.84. The van der Waals surface area contributed by atoms with Gasteiger partial charge in [0.1, 0.15) is 6.10 Å². The fourth-order valence-electron chi connectivity index (χ4n) is 2.07. The van der Waals surface area contributed by atoms with Gasteiger partial charge in [0, 0.05) is 20.8 Å². The summed E-state index contributed by atoms with van der Waals surface area (Å²) in [6, 6.07) is -0.902. The first kappa shape index (κ1) is 19.4. The Morgan fingerprint density at radius 2 is 1.58 bits per heavy atom. The molecule has 0 aromatic heterocycles. The van der Waals surface area contributed by atoms with Crippen LogP contribution in [0.5, 0.6) is 0 Å². The highest BCUT2D eigenvalue weighted by Crippen LogP contribution is 2.23. The van der Waals surface area contributed by atoms with Gasteiger partial charge in [-0.25, -0.2) is 10.2 Å². The minimum absolute atomic E-state index is 0.136. The fourth-order valence-corrected chi connectivity index (χ4v) is 2.07. The number of carbonyl (C=O) groups excluding carboxylic acids is 4. The van der Waals surface area contributed by atoms with Gasteiger partial charge in [-0.05, 0) is 0 Å². The van der Waals surface area contributed by atoms with Crippen molar-refractivity contribution in [2.45, 2.75) is 45.2 Å². The summed E-state index contributed by atoms with van der Waals surface area (Å²) >= 11 is 0. The van der Waals surface area contributed by atoms with E-state index in [4.69, 9.17) is 24.7 Å². The van der Waals surface area contributed by atoms with E-state index in [2.05, 4.69) is 5.10 Å². The Morgan fingerprint density at radius 1 is 1.04 bits per heavy atom. The van der Waals surface area contributed by atoms with E-state index in [0.717, 1.165) is 20.1 Å². The molecule has 0 bridgehead atoms. The van der Waals surface area contributed by atoms with Crippen LogP contribution < -0.4 is 11.2 Å². The van der Waals surface area contributed by atoms with Crippen LogP contribution in [0, 0.1) is 0 Å². The van der Waals surface area contributed by atoms with E-state index in [1.807, 2.05) is 5.43 Å². The van der Waals surface area contributed by atoms with Crippen LogP contribution in [0.3, 0.4) is 0 Å². The summed E-state index contributed by atoms with van der Waals surface area (Å²) < 4.78 is 20.7. The van der Waals surface area contributed by atoms with Crippen LogP contribution >= 0.6 is 0 Å². The predicted octanol–water partition coefficient (Wildman–Crippen LogP) is -1.17. The molecule has 1 saturated heterocycles. The van der Waals surface area contributed by atoms with Crippen molar-refractivity contribution in [1.29, 1.82) is 0 Å². The number of esters is 3. The number of amides is 2. The molecule has 24 heavy (non-hydrogen) atoms. The molecule has 1 fully saturated rings. The average Bonchev–Trinajstić information content (AvgIpc) is 2.42. The molecule has 134 valence electrons. The first-order valence-electron chi connectivity index (χ1n) is 6.92. The van der Waals surface area contributed by atoms with E-state index in [-0.39, 0.29) is 6.61 Å². The van der Waals surface area contributed by atoms with Gasteiger partial charge in [-0.1, -0.05) is 0 Å². The van der Waals surface area contributed by atoms with E-state index in [1.165, 1.54) is 6.92 Å². The second kappa shape index (κ2) is 8.82. The van der Waals surface area contributed by atoms with E-state index in [1.54, 1.807) is 0 Å². The van der Waals surface area contributed by atoms with Gasteiger partial charge >= 0.3 is 23.9 Å². The summed E-state index contributed by atoms with van der Waals surface area (Å²) in [5, 5.41) is 3.54. The van der Waals surface area contributed by atoms with Crippen LogP contribution in [0.1, 0.15) is 20.8 Å². The van der Waals surface area contributed by atoms with Gasteiger partial charge in [0.15, 0.2) is 18.3 Å². The molecule has 0 radical (unpaired) electrons. The molecular weight excluding hydrogens is 326 g/mol. The van der Waals surface area contributed by atoms with Crippen molar-refractivity contribution in [3.8, 4) is 0 Å². The number of nitrogens with one attached hydrogen (secondary N) is 1. The largest absolute Gasteiger partial charge is 0.456 e. The number of nitrogens with zero attached hydrogens (tertiary/aromatic N) is 1. The van der Waals surface area contributed by atoms with Crippen molar-refractivity contribution >= 4 is 30.2 Å². The summed E-state index contributed by atoms with van der Waals surface area (Å²) in [7, 11) is 0. The van der Waals surface area contributed by atoms with Crippen LogP contribution in [0.15, 0.2) is 5.10 Å². The molecule has 0 saturated carbocycles. The molecule has 1 aliphatic heterocycles. The maximum Gasteiger partial charge on any atom is 0.332 e. The zero-order valence-corrected chi connectivity index (χ0v) is 13.4. The maximum absolute atomic E-state index is 11.3. The van der Waals surface area contributed by atoms with Crippen molar-refractivity contribution < 1.29 is 38.1 Å². The van der Waals surface area contributed by atoms with Crippen LogP contribution in [0.25, 0.3) is 0 Å². The number of ether oxygens (including phenoxy) is 4. The Balaban J connectivity index is 3.03. The van der Waals surface area contributed by atoms with Gasteiger partial charge in [-0.3, -0.25) is 14.4 Å². The molecule has 11 nitrogen and oxygen atoms in total. The second-order valence-corrected chi connectivity index (χ2v) is 4.85. The molecule has 1 aliphatic rings. The van der Waals surface area contributed by atoms with Gasteiger partial charge in [0.2, 0.25) is 0 Å². The number of nitrogens with two attached hydrogens (primary N) is 1. The first-order chi connectivity index (χ1) is 11.2. The summed E-state index contributed by atoms with van der Waals surface area (Å²) in [6.07, 6.45) is -3.04. The van der Waals surface area contributed by atoms with Crippen LogP contribution in [0.2, 0.25) is 0 Å². The summed E-state index contributed by atoms with van der Waals surface area (Å²) in [4.78, 5) is 44.5. The number of primary amides is 1. The van der Waals surface area contributed by atoms with Crippen molar-refractivity contribution in [2.24, 2.45) is 10.8 Å². The average molecular weight is 345 g/mol. The fraction of sp³-hybridized carbons (Fsp3) is 0.615. The van der Waals surface area contributed by atoms with E-state index >= 15 is 0 Å². The van der Waals surface area contributed by atoms with Crippen molar-refractivity contribution in [1.82, 2.24) is 5.43 Å². The molecule has 0 aromatic carbocycles. The zero-order valence-electron chi connectivity index (χ0n) is 13.4. The number of carbonyl (C=O) groups is 4. The standard InChI is InChI=1S/C13H19N3O8/c1-6(17)22-10-5-21-9(4-15-16-13(14)20)11(23-7(2)18)12(10)24-8(3)19/h4,9-12H,5H2,1-3H3,(H3,14,16,20)/b15-4-/t9-,10+,11-,12-/m0/s1. The molecule has 1 heterocycles. The molecule has 0 aromatic rings. The number of hydrazone groups is 1. The third kappa shape index (κ3) is 6.20. The monoisotopic (exact) mass is 345 g/mol. The minimum atomic E-state index is -1.14. The Labute approximate surface area is 137 Å². The zero-order chi connectivity index (χ0) is 18.3. The highest BCUT2D eigenvalue weighted by Gasteiger charge is 2.46. The van der Waals surface area contributed by atoms with Crippen LogP contribution in [-0.2, 0) is 33.3 Å². The van der Waals surface area contributed by atoms with Gasteiger partial charge in [0.25, 0.3) is 0 Å². The maximum atomic E-state index is 11.3.